The molecule has 120 valence electrons. The van der Waals surface area contributed by atoms with Gasteiger partial charge in [-0.2, -0.15) is 0 Å². The summed E-state index contributed by atoms with van der Waals surface area (Å²) in [4.78, 5) is 2.65. The second-order valence-electron chi connectivity index (χ2n) is 6.44. The number of unbranched alkanes of at least 4 members (excludes halogenated alkanes) is 2. The average Bonchev–Trinajstić information content (AvgIpc) is 2.50. The zero-order chi connectivity index (χ0) is 15.7. The van der Waals surface area contributed by atoms with Crippen LogP contribution in [0.3, 0.4) is 0 Å². The van der Waals surface area contributed by atoms with Crippen LogP contribution in [0.4, 0.5) is 0 Å². The molecule has 2 heteroatoms. The van der Waals surface area contributed by atoms with E-state index < -0.39 is 0 Å². The van der Waals surface area contributed by atoms with Gasteiger partial charge in [0.1, 0.15) is 0 Å². The van der Waals surface area contributed by atoms with E-state index in [-0.39, 0.29) is 5.54 Å². The fraction of sp³-hybridized carbons (Fsp3) is 0.684. The van der Waals surface area contributed by atoms with Crippen molar-refractivity contribution in [2.75, 3.05) is 13.1 Å². The molecule has 1 rings (SSSR count). The lowest BCUT2D eigenvalue weighted by Crippen LogP contribution is -2.58. The van der Waals surface area contributed by atoms with Crippen molar-refractivity contribution < 1.29 is 0 Å². The van der Waals surface area contributed by atoms with Gasteiger partial charge < -0.3 is 5.73 Å². The van der Waals surface area contributed by atoms with Gasteiger partial charge in [-0.3, -0.25) is 4.90 Å². The molecule has 1 unspecified atom stereocenters. The molecule has 0 saturated heterocycles. The highest BCUT2D eigenvalue weighted by Crippen LogP contribution is 2.27. The molecule has 0 aliphatic carbocycles. The summed E-state index contributed by atoms with van der Waals surface area (Å²) in [5.74, 6) is 0. The van der Waals surface area contributed by atoms with Crippen molar-refractivity contribution in [1.82, 2.24) is 4.90 Å². The molecule has 2 nitrogen and oxygen atoms in total. The first-order chi connectivity index (χ1) is 10.1. The fourth-order valence-corrected chi connectivity index (χ4v) is 3.31. The van der Waals surface area contributed by atoms with E-state index in [2.05, 4.69) is 62.9 Å². The zero-order valence-electron chi connectivity index (χ0n) is 14.4. The van der Waals surface area contributed by atoms with Gasteiger partial charge in [0.05, 0.1) is 0 Å². The number of hydrogen-bond acceptors (Lipinski definition) is 2. The minimum Gasteiger partial charge on any atom is -0.329 e. The van der Waals surface area contributed by atoms with Crippen molar-refractivity contribution in [1.29, 1.82) is 0 Å². The Morgan fingerprint density at radius 1 is 1.10 bits per heavy atom. The maximum atomic E-state index is 6.27. The van der Waals surface area contributed by atoms with E-state index in [0.29, 0.717) is 6.04 Å². The lowest BCUT2D eigenvalue weighted by molar-refractivity contribution is 0.0553. The molecule has 0 spiro atoms. The van der Waals surface area contributed by atoms with Gasteiger partial charge in [0.15, 0.2) is 0 Å². The summed E-state index contributed by atoms with van der Waals surface area (Å²) in [6.07, 6.45) is 5.99. The van der Waals surface area contributed by atoms with Gasteiger partial charge in [0.25, 0.3) is 0 Å². The van der Waals surface area contributed by atoms with Gasteiger partial charge in [-0.25, -0.2) is 0 Å². The molecule has 0 amide bonds. The Balaban J connectivity index is 2.92. The summed E-state index contributed by atoms with van der Waals surface area (Å²) in [7, 11) is 0. The Hall–Kier alpha value is -0.860. The Labute approximate surface area is 131 Å². The number of benzene rings is 1. The zero-order valence-corrected chi connectivity index (χ0v) is 14.4. The minimum atomic E-state index is 0.0866. The van der Waals surface area contributed by atoms with Crippen molar-refractivity contribution in [2.24, 2.45) is 5.73 Å². The number of rotatable bonds is 10. The Bertz CT molecular complexity index is 368. The molecule has 1 atom stereocenters. The quantitative estimate of drug-likeness (QED) is 0.653. The summed E-state index contributed by atoms with van der Waals surface area (Å²) < 4.78 is 0. The fourth-order valence-electron chi connectivity index (χ4n) is 3.31. The van der Waals surface area contributed by atoms with Crippen LogP contribution in [-0.4, -0.2) is 29.6 Å². The average molecular weight is 290 g/mol. The monoisotopic (exact) mass is 290 g/mol. The predicted molar refractivity (Wildman–Crippen MR) is 93.6 cm³/mol. The molecule has 0 radical (unpaired) electrons. The van der Waals surface area contributed by atoms with Crippen LogP contribution < -0.4 is 5.73 Å². The second-order valence-corrected chi connectivity index (χ2v) is 6.44. The molecule has 1 aromatic carbocycles. The minimum absolute atomic E-state index is 0.0866. The molecule has 0 aliphatic rings. The number of hydrogen-bond donors (Lipinski definition) is 1. The standard InChI is InChI=1S/C19H34N2/c1-5-7-11-14-21(17(3)4)19(6-2,16-20)15-18-12-9-8-10-13-18/h8-10,12-13,17H,5-7,11,14-16,20H2,1-4H3. The summed E-state index contributed by atoms with van der Waals surface area (Å²) in [5, 5.41) is 0. The first kappa shape index (κ1) is 18.2. The molecule has 0 aromatic heterocycles. The van der Waals surface area contributed by atoms with E-state index in [9.17, 15) is 0 Å². The molecule has 0 heterocycles. The van der Waals surface area contributed by atoms with Crippen LogP contribution in [0.25, 0.3) is 0 Å². The molecule has 21 heavy (non-hydrogen) atoms. The van der Waals surface area contributed by atoms with Crippen LogP contribution in [0.15, 0.2) is 30.3 Å². The van der Waals surface area contributed by atoms with E-state index in [0.717, 1.165) is 25.9 Å². The summed E-state index contributed by atoms with van der Waals surface area (Å²) in [6.45, 7) is 11.0. The third kappa shape index (κ3) is 5.12. The Morgan fingerprint density at radius 3 is 2.24 bits per heavy atom. The summed E-state index contributed by atoms with van der Waals surface area (Å²) >= 11 is 0. The van der Waals surface area contributed by atoms with Gasteiger partial charge in [-0.15, -0.1) is 0 Å². The van der Waals surface area contributed by atoms with Gasteiger partial charge in [-0.05, 0) is 45.2 Å². The van der Waals surface area contributed by atoms with Crippen molar-refractivity contribution in [3.05, 3.63) is 35.9 Å². The van der Waals surface area contributed by atoms with Gasteiger partial charge in [0.2, 0.25) is 0 Å². The molecular weight excluding hydrogens is 256 g/mol. The van der Waals surface area contributed by atoms with Crippen LogP contribution in [0.2, 0.25) is 0 Å². The SMILES string of the molecule is CCCCCN(C(C)C)C(CC)(CN)Cc1ccccc1. The van der Waals surface area contributed by atoms with Gasteiger partial charge >= 0.3 is 0 Å². The van der Waals surface area contributed by atoms with E-state index >= 15 is 0 Å². The van der Waals surface area contributed by atoms with E-state index in [1.165, 1.54) is 24.8 Å². The highest BCUT2D eigenvalue weighted by molar-refractivity contribution is 5.18. The van der Waals surface area contributed by atoms with Crippen LogP contribution in [-0.2, 0) is 6.42 Å². The molecular formula is C19H34N2. The third-order valence-corrected chi connectivity index (χ3v) is 4.65. The normalized spacial score (nSPS) is 14.6. The lowest BCUT2D eigenvalue weighted by Gasteiger charge is -2.46. The highest BCUT2D eigenvalue weighted by Gasteiger charge is 2.35. The van der Waals surface area contributed by atoms with Crippen molar-refractivity contribution in [3.63, 3.8) is 0 Å². The molecule has 0 fully saturated rings. The summed E-state index contributed by atoms with van der Waals surface area (Å²) in [5.41, 5.74) is 7.75. The first-order valence-electron chi connectivity index (χ1n) is 8.60. The number of nitrogens with zero attached hydrogens (tertiary/aromatic N) is 1. The van der Waals surface area contributed by atoms with E-state index in [1.807, 2.05) is 0 Å². The largest absolute Gasteiger partial charge is 0.329 e. The first-order valence-corrected chi connectivity index (χ1v) is 8.60. The lowest BCUT2D eigenvalue weighted by atomic mass is 9.85. The van der Waals surface area contributed by atoms with Gasteiger partial charge in [-0.1, -0.05) is 57.0 Å². The summed E-state index contributed by atoms with van der Waals surface area (Å²) in [6, 6.07) is 11.3. The van der Waals surface area contributed by atoms with Crippen molar-refractivity contribution in [2.45, 2.75) is 71.4 Å². The third-order valence-electron chi connectivity index (χ3n) is 4.65. The highest BCUT2D eigenvalue weighted by atomic mass is 15.2. The molecule has 0 saturated carbocycles. The van der Waals surface area contributed by atoms with Crippen LogP contribution in [0.1, 0.15) is 58.9 Å². The maximum absolute atomic E-state index is 6.27. The van der Waals surface area contributed by atoms with Crippen LogP contribution in [0, 0.1) is 0 Å². The smallest absolute Gasteiger partial charge is 0.0372 e. The van der Waals surface area contributed by atoms with Crippen molar-refractivity contribution in [3.8, 4) is 0 Å². The molecule has 0 bridgehead atoms. The van der Waals surface area contributed by atoms with Crippen LogP contribution >= 0.6 is 0 Å². The Kier molecular flexibility index (Phi) is 7.98. The molecule has 2 N–H and O–H groups in total. The van der Waals surface area contributed by atoms with Crippen LogP contribution in [0.5, 0.6) is 0 Å². The van der Waals surface area contributed by atoms with E-state index in [4.69, 9.17) is 5.73 Å². The van der Waals surface area contributed by atoms with E-state index in [1.54, 1.807) is 0 Å². The predicted octanol–water partition coefficient (Wildman–Crippen LogP) is 4.24. The number of nitrogens with two attached hydrogens (primary N) is 1. The van der Waals surface area contributed by atoms with Crippen molar-refractivity contribution >= 4 is 0 Å². The maximum Gasteiger partial charge on any atom is 0.0372 e. The van der Waals surface area contributed by atoms with Gasteiger partial charge in [0, 0.05) is 18.1 Å². The molecule has 0 aliphatic heterocycles. The second kappa shape index (κ2) is 9.22. The topological polar surface area (TPSA) is 29.3 Å². The molecule has 1 aromatic rings. The Morgan fingerprint density at radius 2 is 1.76 bits per heavy atom.